The Hall–Kier alpha value is -1.88. The number of ether oxygens (including phenoxy) is 2. The zero-order valence-electron chi connectivity index (χ0n) is 12.6. The van der Waals surface area contributed by atoms with Gasteiger partial charge in [-0.3, -0.25) is 0 Å². The summed E-state index contributed by atoms with van der Waals surface area (Å²) in [6, 6.07) is 8.79. The quantitative estimate of drug-likeness (QED) is 0.557. The molecule has 2 heterocycles. The Morgan fingerprint density at radius 1 is 1.38 bits per heavy atom. The van der Waals surface area contributed by atoms with Gasteiger partial charge in [-0.1, -0.05) is 17.5 Å². The number of hydrogen-bond acceptors (Lipinski definition) is 6. The summed E-state index contributed by atoms with van der Waals surface area (Å²) in [5.41, 5.74) is -1.26. The normalized spacial score (nSPS) is 29.5. The van der Waals surface area contributed by atoms with Crippen LogP contribution in [0.2, 0.25) is 5.15 Å². The number of nitrogens with zero attached hydrogens (tertiary/aromatic N) is 1. The van der Waals surface area contributed by atoms with Crippen LogP contribution in [0.3, 0.4) is 0 Å². The summed E-state index contributed by atoms with van der Waals surface area (Å²) in [5, 5.41) is 30.8. The van der Waals surface area contributed by atoms with Crippen molar-refractivity contribution in [3.63, 3.8) is 0 Å². The number of hydrogen-bond donors (Lipinski definition) is 3. The summed E-state index contributed by atoms with van der Waals surface area (Å²) in [6.07, 6.45) is 2.00. The molecule has 1 aliphatic heterocycles. The molecule has 24 heavy (non-hydrogen) atoms. The fraction of sp³-hybridized carbons (Fsp3) is 0.353. The number of aliphatic hydroxyl groups excluding tert-OH is 2. The highest BCUT2D eigenvalue weighted by Gasteiger charge is 2.54. The first-order valence-corrected chi connectivity index (χ1v) is 7.69. The lowest BCUT2D eigenvalue weighted by Crippen LogP contribution is -2.49. The van der Waals surface area contributed by atoms with E-state index in [0.717, 1.165) is 5.39 Å². The first-order valence-electron chi connectivity index (χ1n) is 7.31. The number of fused-ring (bicyclic) bond motifs is 1. The molecule has 3 rings (SSSR count). The second-order valence-electron chi connectivity index (χ2n) is 5.56. The van der Waals surface area contributed by atoms with Crippen LogP contribution in [0.15, 0.2) is 30.3 Å². The van der Waals surface area contributed by atoms with Gasteiger partial charge in [0.25, 0.3) is 0 Å². The van der Waals surface area contributed by atoms with Crippen LogP contribution in [0.1, 0.15) is 0 Å². The van der Waals surface area contributed by atoms with Crippen LogP contribution in [0.4, 0.5) is 0 Å². The lowest BCUT2D eigenvalue weighted by atomic mass is 9.92. The summed E-state index contributed by atoms with van der Waals surface area (Å²) in [5.74, 6) is 2.63. The molecule has 1 saturated heterocycles. The van der Waals surface area contributed by atoms with Crippen LogP contribution < -0.4 is 4.74 Å². The summed E-state index contributed by atoms with van der Waals surface area (Å²) < 4.78 is 11.0. The monoisotopic (exact) mass is 349 g/mol. The van der Waals surface area contributed by atoms with Crippen molar-refractivity contribution < 1.29 is 24.8 Å². The molecule has 6 nitrogen and oxygen atoms in total. The van der Waals surface area contributed by atoms with E-state index in [-0.39, 0.29) is 6.61 Å². The van der Waals surface area contributed by atoms with E-state index in [0.29, 0.717) is 16.4 Å². The molecule has 7 heteroatoms. The van der Waals surface area contributed by atoms with Gasteiger partial charge in [-0.25, -0.2) is 4.98 Å². The minimum Gasteiger partial charge on any atom is -0.491 e. The van der Waals surface area contributed by atoms with Crippen molar-refractivity contribution in [3.05, 3.63) is 35.5 Å². The van der Waals surface area contributed by atoms with Gasteiger partial charge in [0.1, 0.15) is 35.8 Å². The highest BCUT2D eigenvalue weighted by molar-refractivity contribution is 6.29. The zero-order valence-corrected chi connectivity index (χ0v) is 13.3. The zero-order chi connectivity index (χ0) is 17.3. The van der Waals surface area contributed by atoms with Crippen molar-refractivity contribution in [3.8, 4) is 18.1 Å². The highest BCUT2D eigenvalue weighted by atomic mass is 35.5. The Morgan fingerprint density at radius 2 is 2.12 bits per heavy atom. The van der Waals surface area contributed by atoms with Gasteiger partial charge in [0.05, 0.1) is 12.1 Å². The molecule has 0 bridgehead atoms. The Labute approximate surface area is 143 Å². The maximum Gasteiger partial charge on any atom is 0.183 e. The van der Waals surface area contributed by atoms with Crippen molar-refractivity contribution in [2.45, 2.75) is 23.9 Å². The van der Waals surface area contributed by atoms with Crippen molar-refractivity contribution >= 4 is 22.5 Å². The number of pyridine rings is 1. The topological polar surface area (TPSA) is 92.0 Å². The van der Waals surface area contributed by atoms with E-state index >= 15 is 0 Å². The van der Waals surface area contributed by atoms with Gasteiger partial charge in [-0.05, 0) is 24.3 Å². The molecule has 0 amide bonds. The average molecular weight is 350 g/mol. The maximum atomic E-state index is 10.4. The molecular weight excluding hydrogens is 334 g/mol. The smallest absolute Gasteiger partial charge is 0.183 e. The van der Waals surface area contributed by atoms with E-state index in [2.05, 4.69) is 10.9 Å². The standard InChI is InChI=1S/C17H16ClNO5/c1-2-17(22)14(24-13(8-20)16(17)21)9-23-11-5-3-10-4-6-15(18)19-12(10)7-11/h1,3-7,13-14,16,20-22H,8-9H2/t13?,14-,16+,17-/m1/s1. The Balaban J connectivity index is 1.76. The van der Waals surface area contributed by atoms with Crippen molar-refractivity contribution in [2.24, 2.45) is 0 Å². The molecule has 1 aliphatic rings. The molecule has 0 saturated carbocycles. The Bertz CT molecular complexity index is 792. The Morgan fingerprint density at radius 3 is 2.83 bits per heavy atom. The van der Waals surface area contributed by atoms with Gasteiger partial charge in [-0.15, -0.1) is 6.42 Å². The van der Waals surface area contributed by atoms with E-state index < -0.39 is 30.5 Å². The van der Waals surface area contributed by atoms with Crippen LogP contribution in [0, 0.1) is 12.3 Å². The SMILES string of the molecule is C#C[C@@]1(O)[C@@H](COc2ccc3ccc(Cl)nc3c2)OC(CO)[C@@H]1O. The summed E-state index contributed by atoms with van der Waals surface area (Å²) >= 11 is 5.88. The highest BCUT2D eigenvalue weighted by Crippen LogP contribution is 2.31. The van der Waals surface area contributed by atoms with Gasteiger partial charge < -0.3 is 24.8 Å². The number of aromatic nitrogens is 1. The molecule has 1 fully saturated rings. The molecule has 4 atom stereocenters. The molecule has 0 spiro atoms. The summed E-state index contributed by atoms with van der Waals surface area (Å²) in [4.78, 5) is 4.20. The number of terminal acetylenes is 1. The third-order valence-corrected chi connectivity index (χ3v) is 4.29. The number of benzene rings is 1. The largest absolute Gasteiger partial charge is 0.491 e. The summed E-state index contributed by atoms with van der Waals surface area (Å²) in [6.45, 7) is -0.555. The van der Waals surface area contributed by atoms with Crippen molar-refractivity contribution in [2.75, 3.05) is 13.2 Å². The Kier molecular flexibility index (Phi) is 4.63. The lowest BCUT2D eigenvalue weighted by molar-refractivity contribution is -0.0514. The van der Waals surface area contributed by atoms with E-state index in [9.17, 15) is 15.3 Å². The number of halogens is 1. The number of rotatable bonds is 4. The average Bonchev–Trinajstić information content (AvgIpc) is 2.84. The second kappa shape index (κ2) is 6.55. The molecule has 2 aromatic rings. The van der Waals surface area contributed by atoms with E-state index in [4.69, 9.17) is 27.5 Å². The minimum absolute atomic E-state index is 0.0969. The third-order valence-electron chi connectivity index (χ3n) is 4.08. The van der Waals surface area contributed by atoms with E-state index in [1.807, 2.05) is 12.1 Å². The molecule has 0 radical (unpaired) electrons. The van der Waals surface area contributed by atoms with Crippen molar-refractivity contribution in [1.82, 2.24) is 4.98 Å². The first kappa shape index (κ1) is 17.0. The fourth-order valence-electron chi connectivity index (χ4n) is 2.68. The summed E-state index contributed by atoms with van der Waals surface area (Å²) in [7, 11) is 0. The minimum atomic E-state index is -1.92. The van der Waals surface area contributed by atoms with Crippen LogP contribution >= 0.6 is 11.6 Å². The third kappa shape index (κ3) is 2.93. The van der Waals surface area contributed by atoms with E-state index in [1.165, 1.54) is 0 Å². The van der Waals surface area contributed by atoms with Crippen LogP contribution in [-0.4, -0.2) is 57.4 Å². The van der Waals surface area contributed by atoms with Crippen LogP contribution in [0.5, 0.6) is 5.75 Å². The molecule has 1 unspecified atom stereocenters. The second-order valence-corrected chi connectivity index (χ2v) is 5.95. The van der Waals surface area contributed by atoms with Gasteiger partial charge >= 0.3 is 0 Å². The molecule has 126 valence electrons. The van der Waals surface area contributed by atoms with Crippen LogP contribution in [0.25, 0.3) is 10.9 Å². The predicted octanol–water partition coefficient (Wildman–Crippen LogP) is 0.752. The van der Waals surface area contributed by atoms with Gasteiger partial charge in [0, 0.05) is 11.5 Å². The lowest BCUT2D eigenvalue weighted by Gasteiger charge is -2.25. The van der Waals surface area contributed by atoms with Gasteiger partial charge in [0.15, 0.2) is 5.60 Å². The fourth-order valence-corrected chi connectivity index (χ4v) is 2.84. The van der Waals surface area contributed by atoms with E-state index in [1.54, 1.807) is 18.2 Å². The molecule has 0 aliphatic carbocycles. The molecule has 1 aromatic heterocycles. The predicted molar refractivity (Wildman–Crippen MR) is 87.8 cm³/mol. The first-order chi connectivity index (χ1) is 11.5. The molecule has 1 aromatic carbocycles. The van der Waals surface area contributed by atoms with Gasteiger partial charge in [-0.2, -0.15) is 0 Å². The molecular formula is C17H16ClNO5. The van der Waals surface area contributed by atoms with Gasteiger partial charge in [0.2, 0.25) is 0 Å². The number of aliphatic hydroxyl groups is 3. The van der Waals surface area contributed by atoms with Crippen LogP contribution in [-0.2, 0) is 4.74 Å². The van der Waals surface area contributed by atoms with Crippen molar-refractivity contribution in [1.29, 1.82) is 0 Å². The maximum absolute atomic E-state index is 10.4. The molecule has 3 N–H and O–H groups in total.